The van der Waals surface area contributed by atoms with Crippen LogP contribution in [-0.2, 0) is 16.0 Å². The lowest BCUT2D eigenvalue weighted by Gasteiger charge is -2.47. The molecule has 192 valence electrons. The van der Waals surface area contributed by atoms with E-state index in [4.69, 9.17) is 14.6 Å². The van der Waals surface area contributed by atoms with Crippen LogP contribution in [0, 0.1) is 0 Å². The standard InChI is InChI=1S/C22H35N3O2.C2HF3O2/c1-6-16-7-9-17(10-8-16)19-15-25(11-12-27-19)20(26)23-18-13-21(2,3)24-22(4,5)14-18;3-2(4,5)1(6)7/h7-10,18-19,24H,6,11-15H2,1-5H3,(H,23,26);(H,6,7). The first-order chi connectivity index (χ1) is 15.6. The SMILES string of the molecule is CCc1ccc(C2CN(C(=O)NC3CC(C)(C)NC(C)(C)C3)CCO2)cc1.O=C(O)C(F)(F)F. The van der Waals surface area contributed by atoms with Gasteiger partial charge in [-0.05, 0) is 58.1 Å². The smallest absolute Gasteiger partial charge is 0.475 e. The maximum atomic E-state index is 12.9. The predicted octanol–water partition coefficient (Wildman–Crippen LogP) is 4.27. The number of aryl methyl sites for hydroxylation is 1. The summed E-state index contributed by atoms with van der Waals surface area (Å²) in [6.45, 7) is 12.8. The fourth-order valence-electron chi connectivity index (χ4n) is 4.69. The Hall–Kier alpha value is -2.33. The number of urea groups is 1. The highest BCUT2D eigenvalue weighted by molar-refractivity contribution is 5.74. The van der Waals surface area contributed by atoms with Gasteiger partial charge in [0, 0.05) is 23.7 Å². The Morgan fingerprint density at radius 2 is 1.68 bits per heavy atom. The van der Waals surface area contributed by atoms with Crippen LogP contribution >= 0.6 is 0 Å². The molecule has 1 aromatic rings. The fraction of sp³-hybridized carbons (Fsp3) is 0.667. The molecule has 3 rings (SSSR count). The van der Waals surface area contributed by atoms with Crippen LogP contribution in [0.2, 0.25) is 0 Å². The van der Waals surface area contributed by atoms with Crippen molar-refractivity contribution in [1.29, 1.82) is 0 Å². The van der Waals surface area contributed by atoms with Gasteiger partial charge in [0.25, 0.3) is 0 Å². The summed E-state index contributed by atoms with van der Waals surface area (Å²) < 4.78 is 37.7. The highest BCUT2D eigenvalue weighted by atomic mass is 19.4. The van der Waals surface area contributed by atoms with Crippen LogP contribution in [0.3, 0.4) is 0 Å². The van der Waals surface area contributed by atoms with E-state index in [1.165, 1.54) is 5.56 Å². The van der Waals surface area contributed by atoms with E-state index in [1.807, 2.05) is 4.90 Å². The monoisotopic (exact) mass is 487 g/mol. The van der Waals surface area contributed by atoms with E-state index >= 15 is 0 Å². The normalized spacial score (nSPS) is 22.4. The van der Waals surface area contributed by atoms with Crippen molar-refractivity contribution >= 4 is 12.0 Å². The number of hydrogen-bond acceptors (Lipinski definition) is 4. The van der Waals surface area contributed by atoms with Crippen LogP contribution in [0.25, 0.3) is 0 Å². The van der Waals surface area contributed by atoms with Crippen molar-refractivity contribution in [1.82, 2.24) is 15.5 Å². The molecule has 0 saturated carbocycles. The highest BCUT2D eigenvalue weighted by Crippen LogP contribution is 2.29. The molecule has 2 aliphatic rings. The van der Waals surface area contributed by atoms with Gasteiger partial charge in [0.2, 0.25) is 0 Å². The molecule has 10 heteroatoms. The third-order valence-corrected chi connectivity index (χ3v) is 5.87. The summed E-state index contributed by atoms with van der Waals surface area (Å²) in [6, 6.07) is 8.78. The Balaban J connectivity index is 0.000000509. The summed E-state index contributed by atoms with van der Waals surface area (Å²) in [5.41, 5.74) is 2.51. The van der Waals surface area contributed by atoms with Crippen LogP contribution in [0.4, 0.5) is 18.0 Å². The van der Waals surface area contributed by atoms with E-state index in [9.17, 15) is 18.0 Å². The molecular weight excluding hydrogens is 451 g/mol. The third-order valence-electron chi connectivity index (χ3n) is 5.87. The topological polar surface area (TPSA) is 90.9 Å². The van der Waals surface area contributed by atoms with Gasteiger partial charge in [-0.25, -0.2) is 9.59 Å². The number of ether oxygens (including phenoxy) is 1. The van der Waals surface area contributed by atoms with E-state index in [0.29, 0.717) is 19.7 Å². The zero-order valence-electron chi connectivity index (χ0n) is 20.5. The van der Waals surface area contributed by atoms with Crippen molar-refractivity contribution in [3.63, 3.8) is 0 Å². The Kier molecular flexibility index (Phi) is 8.98. The van der Waals surface area contributed by atoms with Crippen molar-refractivity contribution in [2.75, 3.05) is 19.7 Å². The second-order valence-electron chi connectivity index (χ2n) is 10.2. The Bertz CT molecular complexity index is 825. The lowest BCUT2D eigenvalue weighted by atomic mass is 9.79. The summed E-state index contributed by atoms with van der Waals surface area (Å²) in [5, 5.41) is 14.1. The molecule has 2 fully saturated rings. The first-order valence-electron chi connectivity index (χ1n) is 11.5. The maximum absolute atomic E-state index is 12.9. The van der Waals surface area contributed by atoms with Gasteiger partial charge in [-0.15, -0.1) is 0 Å². The molecule has 2 amide bonds. The average molecular weight is 488 g/mol. The van der Waals surface area contributed by atoms with E-state index in [-0.39, 0.29) is 29.3 Å². The molecule has 0 aliphatic carbocycles. The van der Waals surface area contributed by atoms with Crippen LogP contribution in [-0.4, -0.2) is 65.0 Å². The molecule has 1 unspecified atom stereocenters. The van der Waals surface area contributed by atoms with Gasteiger partial charge in [0.05, 0.1) is 13.2 Å². The second kappa shape index (κ2) is 10.9. The fourth-order valence-corrected chi connectivity index (χ4v) is 4.69. The van der Waals surface area contributed by atoms with Gasteiger partial charge in [0.1, 0.15) is 6.10 Å². The number of rotatable bonds is 3. The number of halogens is 3. The molecule has 34 heavy (non-hydrogen) atoms. The summed E-state index contributed by atoms with van der Waals surface area (Å²) in [5.74, 6) is -2.76. The summed E-state index contributed by atoms with van der Waals surface area (Å²) in [7, 11) is 0. The largest absolute Gasteiger partial charge is 0.490 e. The number of carbonyl (C=O) groups excluding carboxylic acids is 1. The molecule has 0 aromatic heterocycles. The quantitative estimate of drug-likeness (QED) is 0.592. The number of hydrogen-bond donors (Lipinski definition) is 3. The van der Waals surface area contributed by atoms with E-state index < -0.39 is 12.1 Å². The van der Waals surface area contributed by atoms with Crippen LogP contribution < -0.4 is 10.6 Å². The number of carbonyl (C=O) groups is 2. The molecule has 3 N–H and O–H groups in total. The zero-order valence-corrected chi connectivity index (χ0v) is 20.5. The van der Waals surface area contributed by atoms with Crippen molar-refractivity contribution < 1.29 is 32.6 Å². The minimum Gasteiger partial charge on any atom is -0.475 e. The van der Waals surface area contributed by atoms with Crippen LogP contribution in [0.5, 0.6) is 0 Å². The van der Waals surface area contributed by atoms with Crippen molar-refractivity contribution in [3.8, 4) is 0 Å². The van der Waals surface area contributed by atoms with E-state index in [1.54, 1.807) is 0 Å². The molecule has 7 nitrogen and oxygen atoms in total. The molecule has 0 bridgehead atoms. The molecular formula is C24H36F3N3O4. The van der Waals surface area contributed by atoms with Gasteiger partial charge in [-0.3, -0.25) is 0 Å². The van der Waals surface area contributed by atoms with Crippen LogP contribution in [0.1, 0.15) is 64.7 Å². The lowest BCUT2D eigenvalue weighted by molar-refractivity contribution is -0.192. The minimum atomic E-state index is -5.08. The van der Waals surface area contributed by atoms with Crippen molar-refractivity contribution in [3.05, 3.63) is 35.4 Å². The van der Waals surface area contributed by atoms with Gasteiger partial charge in [-0.2, -0.15) is 13.2 Å². The number of carboxylic acids is 1. The molecule has 1 atom stereocenters. The molecule has 0 radical (unpaired) electrons. The predicted molar refractivity (Wildman–Crippen MR) is 123 cm³/mol. The molecule has 0 spiro atoms. The number of alkyl halides is 3. The first-order valence-corrected chi connectivity index (χ1v) is 11.5. The minimum absolute atomic E-state index is 0.0221. The molecule has 2 aliphatic heterocycles. The number of carboxylic acid groups (broad SMARTS) is 1. The van der Waals surface area contributed by atoms with Gasteiger partial charge >= 0.3 is 18.2 Å². The van der Waals surface area contributed by atoms with E-state index in [0.717, 1.165) is 24.8 Å². The Labute approximate surface area is 199 Å². The number of morpholine rings is 1. The molecule has 2 heterocycles. The summed E-state index contributed by atoms with van der Waals surface area (Å²) >= 11 is 0. The lowest BCUT2D eigenvalue weighted by Crippen LogP contribution is -2.63. The van der Waals surface area contributed by atoms with Crippen molar-refractivity contribution in [2.24, 2.45) is 0 Å². The summed E-state index contributed by atoms with van der Waals surface area (Å²) in [4.78, 5) is 23.7. The zero-order chi connectivity index (χ0) is 25.7. The van der Waals surface area contributed by atoms with Gasteiger partial charge in [-0.1, -0.05) is 31.2 Å². The number of nitrogens with one attached hydrogen (secondary N) is 2. The van der Waals surface area contributed by atoms with E-state index in [2.05, 4.69) is 69.5 Å². The summed E-state index contributed by atoms with van der Waals surface area (Å²) in [6.07, 6.45) is -2.22. The van der Waals surface area contributed by atoms with Gasteiger partial charge in [0.15, 0.2) is 0 Å². The number of piperidine rings is 1. The molecule has 1 aromatic carbocycles. The number of aliphatic carboxylic acids is 1. The van der Waals surface area contributed by atoms with Crippen LogP contribution in [0.15, 0.2) is 24.3 Å². The number of benzene rings is 1. The van der Waals surface area contributed by atoms with Crippen molar-refractivity contribution in [2.45, 2.75) is 83.3 Å². The first kappa shape index (κ1) is 27.9. The number of amides is 2. The third kappa shape index (κ3) is 8.47. The second-order valence-corrected chi connectivity index (χ2v) is 10.2. The average Bonchev–Trinajstić information content (AvgIpc) is 2.71. The van der Waals surface area contributed by atoms with Gasteiger partial charge < -0.3 is 25.4 Å². The maximum Gasteiger partial charge on any atom is 0.490 e. The number of nitrogens with zero attached hydrogens (tertiary/aromatic N) is 1. The Morgan fingerprint density at radius 1 is 1.15 bits per heavy atom. The highest BCUT2D eigenvalue weighted by Gasteiger charge is 2.39. The molecule has 2 saturated heterocycles. The Morgan fingerprint density at radius 3 is 2.15 bits per heavy atom.